The Morgan fingerprint density at radius 2 is 2.16 bits per heavy atom. The maximum atomic E-state index is 11.1. The standard InChI is InChI=1S/C12H16ClN3O3/c1-19-8-4-2-7(3-5-8)15-10-9(11(17)18)6-14-12(13)16-10/h6-8H,2-5H2,1H3,(H,17,18)(H,14,15,16)/t7-,8+. The van der Waals surface area contributed by atoms with Gasteiger partial charge in [-0.05, 0) is 37.3 Å². The maximum absolute atomic E-state index is 11.1. The van der Waals surface area contributed by atoms with Gasteiger partial charge in [0, 0.05) is 19.3 Å². The minimum atomic E-state index is -1.07. The molecule has 0 bridgehead atoms. The number of nitrogens with zero attached hydrogens (tertiary/aromatic N) is 2. The highest BCUT2D eigenvalue weighted by atomic mass is 35.5. The van der Waals surface area contributed by atoms with Crippen LogP contribution < -0.4 is 5.32 Å². The van der Waals surface area contributed by atoms with Crippen molar-refractivity contribution in [1.82, 2.24) is 9.97 Å². The summed E-state index contributed by atoms with van der Waals surface area (Å²) in [5.74, 6) is -0.780. The zero-order valence-corrected chi connectivity index (χ0v) is 11.4. The van der Waals surface area contributed by atoms with Crippen LogP contribution in [0.4, 0.5) is 5.82 Å². The van der Waals surface area contributed by atoms with Crippen molar-refractivity contribution in [3.05, 3.63) is 17.0 Å². The minimum absolute atomic E-state index is 0.0399. The molecule has 1 saturated carbocycles. The Kier molecular flexibility index (Phi) is 4.55. The number of ether oxygens (including phenoxy) is 1. The number of carbonyl (C=O) groups is 1. The van der Waals surface area contributed by atoms with Crippen LogP contribution in [0.15, 0.2) is 6.20 Å². The topological polar surface area (TPSA) is 84.3 Å². The van der Waals surface area contributed by atoms with E-state index in [2.05, 4.69) is 15.3 Å². The van der Waals surface area contributed by atoms with Crippen LogP contribution in [0.1, 0.15) is 36.0 Å². The molecule has 1 aromatic rings. The number of hydrogen-bond donors (Lipinski definition) is 2. The lowest BCUT2D eigenvalue weighted by atomic mass is 9.93. The van der Waals surface area contributed by atoms with E-state index in [1.165, 1.54) is 6.20 Å². The van der Waals surface area contributed by atoms with Gasteiger partial charge in [-0.2, -0.15) is 4.98 Å². The highest BCUT2D eigenvalue weighted by Crippen LogP contribution is 2.24. The molecular formula is C12H16ClN3O3. The van der Waals surface area contributed by atoms with Gasteiger partial charge in [0.1, 0.15) is 11.4 Å². The summed E-state index contributed by atoms with van der Waals surface area (Å²) in [5.41, 5.74) is 0.0401. The lowest BCUT2D eigenvalue weighted by Gasteiger charge is -2.28. The molecule has 0 amide bonds. The number of carboxylic acids is 1. The van der Waals surface area contributed by atoms with Gasteiger partial charge in [0.05, 0.1) is 6.10 Å². The second-order valence-electron chi connectivity index (χ2n) is 4.56. The lowest BCUT2D eigenvalue weighted by Crippen LogP contribution is -2.30. The van der Waals surface area contributed by atoms with Gasteiger partial charge in [0.2, 0.25) is 5.28 Å². The van der Waals surface area contributed by atoms with Gasteiger partial charge in [0.15, 0.2) is 0 Å². The van der Waals surface area contributed by atoms with Crippen LogP contribution in [0, 0.1) is 0 Å². The first-order chi connectivity index (χ1) is 9.10. The van der Waals surface area contributed by atoms with Crippen LogP contribution in [-0.4, -0.2) is 40.3 Å². The third-order valence-corrected chi connectivity index (χ3v) is 3.52. The molecule has 104 valence electrons. The van der Waals surface area contributed by atoms with Crippen molar-refractivity contribution in [3.8, 4) is 0 Å². The zero-order valence-electron chi connectivity index (χ0n) is 10.6. The summed E-state index contributed by atoms with van der Waals surface area (Å²) in [6.45, 7) is 0. The summed E-state index contributed by atoms with van der Waals surface area (Å²) in [6.07, 6.45) is 5.26. The van der Waals surface area contributed by atoms with Crippen molar-refractivity contribution in [1.29, 1.82) is 0 Å². The number of rotatable bonds is 4. The van der Waals surface area contributed by atoms with E-state index in [9.17, 15) is 4.79 Å². The Labute approximate surface area is 116 Å². The van der Waals surface area contributed by atoms with Gasteiger partial charge >= 0.3 is 5.97 Å². The van der Waals surface area contributed by atoms with Gasteiger partial charge in [-0.25, -0.2) is 9.78 Å². The molecule has 0 saturated heterocycles. The van der Waals surface area contributed by atoms with Crippen LogP contribution in [0.5, 0.6) is 0 Å². The summed E-state index contributed by atoms with van der Waals surface area (Å²) < 4.78 is 5.30. The second-order valence-corrected chi connectivity index (χ2v) is 4.90. The number of halogens is 1. The number of nitrogens with one attached hydrogen (secondary N) is 1. The van der Waals surface area contributed by atoms with Crippen LogP contribution in [0.3, 0.4) is 0 Å². The first-order valence-corrected chi connectivity index (χ1v) is 6.53. The van der Waals surface area contributed by atoms with Gasteiger partial charge in [-0.3, -0.25) is 0 Å². The molecule has 1 aromatic heterocycles. The van der Waals surface area contributed by atoms with Gasteiger partial charge < -0.3 is 15.2 Å². The predicted molar refractivity (Wildman–Crippen MR) is 70.7 cm³/mol. The first kappa shape index (κ1) is 14.0. The third kappa shape index (κ3) is 3.54. The molecule has 0 spiro atoms. The van der Waals surface area contributed by atoms with Crippen LogP contribution in [0.2, 0.25) is 5.28 Å². The van der Waals surface area contributed by atoms with E-state index in [0.717, 1.165) is 25.7 Å². The largest absolute Gasteiger partial charge is 0.477 e. The number of carboxylic acid groups (broad SMARTS) is 1. The summed E-state index contributed by atoms with van der Waals surface area (Å²) in [4.78, 5) is 18.7. The minimum Gasteiger partial charge on any atom is -0.477 e. The maximum Gasteiger partial charge on any atom is 0.341 e. The van der Waals surface area contributed by atoms with Gasteiger partial charge in [0.25, 0.3) is 0 Å². The Morgan fingerprint density at radius 3 is 2.74 bits per heavy atom. The zero-order chi connectivity index (χ0) is 13.8. The fraction of sp³-hybridized carbons (Fsp3) is 0.583. The molecular weight excluding hydrogens is 270 g/mol. The number of hydrogen-bond acceptors (Lipinski definition) is 5. The molecule has 0 unspecified atom stereocenters. The number of anilines is 1. The fourth-order valence-electron chi connectivity index (χ4n) is 2.26. The average Bonchev–Trinajstić information content (AvgIpc) is 2.39. The van der Waals surface area contributed by atoms with Crippen molar-refractivity contribution >= 4 is 23.4 Å². The highest BCUT2D eigenvalue weighted by molar-refractivity contribution is 6.28. The number of methoxy groups -OCH3 is 1. The lowest BCUT2D eigenvalue weighted by molar-refractivity contribution is 0.0676. The molecule has 0 aromatic carbocycles. The van der Waals surface area contributed by atoms with Crippen LogP contribution in [0.25, 0.3) is 0 Å². The molecule has 19 heavy (non-hydrogen) atoms. The molecule has 6 nitrogen and oxygen atoms in total. The summed E-state index contributed by atoms with van der Waals surface area (Å²) >= 11 is 5.71. The van der Waals surface area contributed by atoms with Crippen molar-refractivity contribution < 1.29 is 14.6 Å². The summed E-state index contributed by atoms with van der Waals surface area (Å²) in [5, 5.41) is 12.3. The van der Waals surface area contributed by atoms with Gasteiger partial charge in [-0.15, -0.1) is 0 Å². The predicted octanol–water partition coefficient (Wildman–Crippen LogP) is 2.20. The molecule has 0 radical (unpaired) electrons. The quantitative estimate of drug-likeness (QED) is 0.825. The van der Waals surface area contributed by atoms with Gasteiger partial charge in [-0.1, -0.05) is 0 Å². The summed E-state index contributed by atoms with van der Waals surface area (Å²) in [7, 11) is 1.71. The van der Waals surface area contributed by atoms with E-state index in [0.29, 0.717) is 6.10 Å². The molecule has 0 aliphatic heterocycles. The normalized spacial score (nSPS) is 23.1. The van der Waals surface area contributed by atoms with E-state index >= 15 is 0 Å². The van der Waals surface area contributed by atoms with E-state index in [4.69, 9.17) is 21.4 Å². The van der Waals surface area contributed by atoms with Crippen molar-refractivity contribution in [2.75, 3.05) is 12.4 Å². The average molecular weight is 286 g/mol. The van der Waals surface area contributed by atoms with E-state index in [1.54, 1.807) is 7.11 Å². The van der Waals surface area contributed by atoms with Crippen molar-refractivity contribution in [2.24, 2.45) is 0 Å². The first-order valence-electron chi connectivity index (χ1n) is 6.15. The van der Waals surface area contributed by atoms with Crippen molar-refractivity contribution in [3.63, 3.8) is 0 Å². The Hall–Kier alpha value is -1.40. The van der Waals surface area contributed by atoms with Crippen LogP contribution in [-0.2, 0) is 4.74 Å². The Bertz CT molecular complexity index is 462. The molecule has 1 heterocycles. The van der Waals surface area contributed by atoms with Crippen LogP contribution >= 0.6 is 11.6 Å². The highest BCUT2D eigenvalue weighted by Gasteiger charge is 2.23. The molecule has 1 aliphatic rings. The molecule has 2 N–H and O–H groups in total. The molecule has 2 rings (SSSR count). The monoisotopic (exact) mass is 285 g/mol. The number of aromatic nitrogens is 2. The Balaban J connectivity index is 2.06. The third-order valence-electron chi connectivity index (χ3n) is 3.34. The molecule has 0 atom stereocenters. The molecule has 1 fully saturated rings. The summed E-state index contributed by atoms with van der Waals surface area (Å²) in [6, 6.07) is 0.190. The molecule has 7 heteroatoms. The second kappa shape index (κ2) is 6.16. The van der Waals surface area contributed by atoms with E-state index in [1.807, 2.05) is 0 Å². The SMILES string of the molecule is CO[C@H]1CC[C@@H](Nc2nc(Cl)ncc2C(=O)O)CC1. The van der Waals surface area contributed by atoms with Crippen molar-refractivity contribution in [2.45, 2.75) is 37.8 Å². The fourth-order valence-corrected chi connectivity index (χ4v) is 2.40. The number of aromatic carboxylic acids is 1. The van der Waals surface area contributed by atoms with E-state index in [-0.39, 0.29) is 22.7 Å². The van der Waals surface area contributed by atoms with E-state index < -0.39 is 5.97 Å². The molecule has 1 aliphatic carbocycles. The Morgan fingerprint density at radius 1 is 1.47 bits per heavy atom. The smallest absolute Gasteiger partial charge is 0.341 e.